The first kappa shape index (κ1) is 34.8. The normalized spacial score (nSPS) is 11.4. The number of alkyl halides is 3. The van der Waals surface area contributed by atoms with Crippen molar-refractivity contribution in [2.45, 2.75) is 5.51 Å². The van der Waals surface area contributed by atoms with Gasteiger partial charge in [-0.05, 0) is 46.5 Å². The van der Waals surface area contributed by atoms with Crippen molar-refractivity contribution < 1.29 is 35.8 Å². The first-order chi connectivity index (χ1) is 24.5. The zero-order valence-corrected chi connectivity index (χ0v) is 27.7. The van der Waals surface area contributed by atoms with Crippen LogP contribution in [0.1, 0.15) is 0 Å². The van der Waals surface area contributed by atoms with Gasteiger partial charge in [0.25, 0.3) is 0 Å². The number of benzene rings is 6. The number of rotatable bonds is 6. The van der Waals surface area contributed by atoms with Gasteiger partial charge in [0.05, 0.1) is 0 Å². The van der Waals surface area contributed by atoms with Crippen LogP contribution in [0.15, 0.2) is 176 Å². The third-order valence-electron chi connectivity index (χ3n) is 8.12. The zero-order valence-electron chi connectivity index (χ0n) is 26.9. The van der Waals surface area contributed by atoms with E-state index in [4.69, 9.17) is 13.0 Å². The van der Waals surface area contributed by atoms with E-state index in [0.717, 1.165) is 61.6 Å². The summed E-state index contributed by atoms with van der Waals surface area (Å²) in [5, 5.41) is 11.7. The third-order valence-corrected chi connectivity index (χ3v) is 8.69. The summed E-state index contributed by atoms with van der Waals surface area (Å²) in [4.78, 5) is 0. The molecule has 51 heavy (non-hydrogen) atoms. The highest BCUT2D eigenvalue weighted by Gasteiger charge is 2.37. The molecule has 0 aliphatic carbocycles. The van der Waals surface area contributed by atoms with Crippen LogP contribution < -0.4 is 4.57 Å². The fourth-order valence-electron chi connectivity index (χ4n) is 5.74. The van der Waals surface area contributed by atoms with Crippen molar-refractivity contribution >= 4 is 10.1 Å². The third kappa shape index (κ3) is 7.91. The smallest absolute Gasteiger partial charge is 0.485 e. The molecule has 0 bridgehead atoms. The number of halogens is 3. The van der Waals surface area contributed by atoms with Crippen molar-refractivity contribution in [2.75, 3.05) is 0 Å². The van der Waals surface area contributed by atoms with Gasteiger partial charge in [-0.3, -0.25) is 0 Å². The number of phenols is 1. The Balaban J connectivity index is 0.000000503. The molecule has 5 nitrogen and oxygen atoms in total. The summed E-state index contributed by atoms with van der Waals surface area (Å²) < 4.78 is 61.2. The molecule has 7 rings (SSSR count). The highest BCUT2D eigenvalue weighted by Crippen LogP contribution is 2.40. The molecule has 0 saturated heterocycles. The topological polar surface area (TPSA) is 81.3 Å². The molecule has 0 spiro atoms. The van der Waals surface area contributed by atoms with Crippen molar-refractivity contribution in [2.24, 2.45) is 0 Å². The lowest BCUT2D eigenvalue weighted by molar-refractivity contribution is -0.572. The van der Waals surface area contributed by atoms with Gasteiger partial charge >= 0.3 is 5.51 Å². The summed E-state index contributed by atoms with van der Waals surface area (Å²) >= 11 is 0. The molecule has 0 atom stereocenters. The molecule has 1 heterocycles. The number of phenolic OH excluding ortho intramolecular Hbond substituents is 1. The molecule has 1 N–H and O–H groups in total. The Kier molecular flexibility index (Phi) is 10.1. The van der Waals surface area contributed by atoms with Gasteiger partial charge in [-0.1, -0.05) is 127 Å². The molecule has 0 radical (unpaired) electrons. The molecular weight excluding hydrogens is 672 g/mol. The Morgan fingerprint density at radius 2 is 0.765 bits per heavy atom. The molecular formula is C42H30F3NO4S. The maximum atomic E-state index is 11.7. The lowest BCUT2D eigenvalue weighted by Gasteiger charge is -2.16. The second-order valence-corrected chi connectivity index (χ2v) is 12.8. The minimum absolute atomic E-state index is 0.269. The van der Waals surface area contributed by atoms with Crippen molar-refractivity contribution in [3.63, 3.8) is 0 Å². The molecule has 7 aromatic rings. The van der Waals surface area contributed by atoms with Crippen LogP contribution in [0.25, 0.3) is 61.6 Å². The van der Waals surface area contributed by atoms with Crippen LogP contribution in [0.5, 0.6) is 5.75 Å². The maximum Gasteiger partial charge on any atom is 0.485 e. The van der Waals surface area contributed by atoms with Crippen LogP contribution in [0.2, 0.25) is 0 Å². The molecule has 0 unspecified atom stereocenters. The molecule has 9 heteroatoms. The van der Waals surface area contributed by atoms with E-state index in [1.54, 1.807) is 0 Å². The summed E-state index contributed by atoms with van der Waals surface area (Å²) in [6, 6.07) is 60.6. The van der Waals surface area contributed by atoms with Gasteiger partial charge in [0.15, 0.2) is 10.1 Å². The molecule has 0 fully saturated rings. The van der Waals surface area contributed by atoms with E-state index in [2.05, 4.69) is 120 Å². The van der Waals surface area contributed by atoms with E-state index in [0.29, 0.717) is 0 Å². The number of nitrogens with zero attached hydrogens (tertiary/aromatic N) is 1. The summed E-state index contributed by atoms with van der Waals surface area (Å²) in [6.45, 7) is 0. The SMILES string of the molecule is O=S(=O)([O-])C(F)(F)F.Oc1c(-c2ccccc2)cc(-[n+]2c(-c3ccccc3)cc(-c3ccccc3)cc2-c2ccccc2)cc1-c1ccccc1. The Labute approximate surface area is 293 Å². The lowest BCUT2D eigenvalue weighted by atomic mass is 9.94. The number of hydrogen-bond acceptors (Lipinski definition) is 4. The van der Waals surface area contributed by atoms with Crippen molar-refractivity contribution in [1.29, 1.82) is 0 Å². The van der Waals surface area contributed by atoms with Crippen molar-refractivity contribution in [1.82, 2.24) is 0 Å². The summed E-state index contributed by atoms with van der Waals surface area (Å²) in [6.07, 6.45) is 0. The Hall–Kier alpha value is -6.03. The second kappa shape index (κ2) is 14.8. The average Bonchev–Trinajstić information content (AvgIpc) is 3.16. The highest BCUT2D eigenvalue weighted by molar-refractivity contribution is 7.86. The van der Waals surface area contributed by atoms with Crippen molar-refractivity contribution in [3.8, 4) is 67.3 Å². The van der Waals surface area contributed by atoms with Crippen LogP contribution in [0, 0.1) is 0 Å². The number of aromatic hydroxyl groups is 1. The van der Waals surface area contributed by atoms with E-state index in [-0.39, 0.29) is 5.75 Å². The Morgan fingerprint density at radius 1 is 0.471 bits per heavy atom. The van der Waals surface area contributed by atoms with Crippen LogP contribution >= 0.6 is 0 Å². The largest absolute Gasteiger partial charge is 0.741 e. The average molecular weight is 702 g/mol. The quantitative estimate of drug-likeness (QED) is 0.106. The van der Waals surface area contributed by atoms with E-state index < -0.39 is 15.6 Å². The first-order valence-corrected chi connectivity index (χ1v) is 17.2. The molecule has 254 valence electrons. The van der Waals surface area contributed by atoms with Gasteiger partial charge in [0.1, 0.15) is 5.75 Å². The summed E-state index contributed by atoms with van der Waals surface area (Å²) in [5.41, 5.74) is 5.44. The van der Waals surface area contributed by atoms with Crippen LogP contribution in [0.4, 0.5) is 13.2 Å². The van der Waals surface area contributed by atoms with E-state index in [9.17, 15) is 18.3 Å². The molecule has 0 saturated carbocycles. The second-order valence-electron chi connectivity index (χ2n) is 11.5. The summed E-state index contributed by atoms with van der Waals surface area (Å²) in [5.74, 6) is 0.269. The fraction of sp³-hybridized carbons (Fsp3) is 0.0238. The standard InChI is InChI=1S/C41H29NO.CHF3O3S/c43-41-37(31-18-8-2-9-19-31)28-36(29-38(41)32-20-10-3-11-21-32)42-39(33-22-12-4-13-23-33)26-35(30-16-6-1-7-17-30)27-40(42)34-24-14-5-15-25-34;2-1(3,4)8(5,6)7/h1-29H;(H,5,6,7). The predicted octanol–water partition coefficient (Wildman–Crippen LogP) is 10.1. The molecule has 0 aliphatic heterocycles. The number of hydrogen-bond donors (Lipinski definition) is 1. The van der Waals surface area contributed by atoms with E-state index in [1.165, 1.54) is 0 Å². The monoisotopic (exact) mass is 701 g/mol. The molecule has 1 aromatic heterocycles. The van der Waals surface area contributed by atoms with Gasteiger partial charge < -0.3 is 9.66 Å². The fourth-order valence-corrected chi connectivity index (χ4v) is 5.74. The van der Waals surface area contributed by atoms with E-state index >= 15 is 0 Å². The van der Waals surface area contributed by atoms with Crippen LogP contribution in [-0.4, -0.2) is 23.6 Å². The van der Waals surface area contributed by atoms with Gasteiger partial charge in [0.2, 0.25) is 17.1 Å². The first-order valence-electron chi connectivity index (χ1n) is 15.8. The van der Waals surface area contributed by atoms with Gasteiger partial charge in [0, 0.05) is 46.5 Å². The Morgan fingerprint density at radius 3 is 1.08 bits per heavy atom. The minimum atomic E-state index is -6.09. The van der Waals surface area contributed by atoms with E-state index in [1.807, 2.05) is 60.7 Å². The summed E-state index contributed by atoms with van der Waals surface area (Å²) in [7, 11) is -6.09. The zero-order chi connectivity index (χ0) is 36.0. The Bertz CT molecular complexity index is 2230. The van der Waals surface area contributed by atoms with Crippen LogP contribution in [0.3, 0.4) is 0 Å². The number of aromatic nitrogens is 1. The van der Waals surface area contributed by atoms with Crippen LogP contribution in [-0.2, 0) is 10.1 Å². The van der Waals surface area contributed by atoms with Gasteiger partial charge in [-0.25, -0.2) is 8.42 Å². The minimum Gasteiger partial charge on any atom is -0.741 e. The van der Waals surface area contributed by atoms with Crippen molar-refractivity contribution in [3.05, 3.63) is 176 Å². The molecule has 0 amide bonds. The maximum absolute atomic E-state index is 11.7. The van der Waals surface area contributed by atoms with Gasteiger partial charge in [-0.2, -0.15) is 17.7 Å². The lowest BCUT2D eigenvalue weighted by Crippen LogP contribution is -2.36. The van der Waals surface area contributed by atoms with Gasteiger partial charge in [-0.15, -0.1) is 0 Å². The number of pyridine rings is 1. The molecule has 6 aromatic carbocycles. The molecule has 0 aliphatic rings. The predicted molar refractivity (Wildman–Crippen MR) is 193 cm³/mol. The highest BCUT2D eigenvalue weighted by atomic mass is 32.2.